The predicted octanol–water partition coefficient (Wildman–Crippen LogP) is 6.09. The Kier molecular flexibility index (Phi) is 5.39. The Morgan fingerprint density at radius 3 is 2.55 bits per heavy atom. The number of hydrogen-bond donors (Lipinski definition) is 1. The van der Waals surface area contributed by atoms with Crippen molar-refractivity contribution in [2.75, 3.05) is 0 Å². The summed E-state index contributed by atoms with van der Waals surface area (Å²) < 4.78 is 0. The van der Waals surface area contributed by atoms with Crippen LogP contribution < -0.4 is 5.32 Å². The summed E-state index contributed by atoms with van der Waals surface area (Å²) in [5, 5.41) is 5.24. The van der Waals surface area contributed by atoms with E-state index in [4.69, 9.17) is 0 Å². The standard InChI is InChI=1S/C26H24N2O/c1-3-25(22-6-4-5-20(15-22)19-9-7-18(2)8-10-19)28-26(29)23-11-12-24-17-27-14-13-21(24)16-23/h4-17,25H,3H2,1-2H3,(H,28,29). The van der Waals surface area contributed by atoms with Gasteiger partial charge in [-0.05, 0) is 59.7 Å². The first kappa shape index (κ1) is 18.9. The maximum absolute atomic E-state index is 12.9. The van der Waals surface area contributed by atoms with E-state index in [1.165, 1.54) is 11.1 Å². The molecule has 0 saturated heterocycles. The minimum atomic E-state index is -0.0590. The molecule has 1 N–H and O–H groups in total. The Balaban J connectivity index is 1.57. The van der Waals surface area contributed by atoms with Gasteiger partial charge in [0, 0.05) is 23.3 Å². The van der Waals surface area contributed by atoms with Crippen LogP contribution >= 0.6 is 0 Å². The van der Waals surface area contributed by atoms with Crippen molar-refractivity contribution in [3.63, 3.8) is 0 Å². The zero-order valence-electron chi connectivity index (χ0n) is 16.7. The Morgan fingerprint density at radius 1 is 0.931 bits per heavy atom. The van der Waals surface area contributed by atoms with Gasteiger partial charge >= 0.3 is 0 Å². The van der Waals surface area contributed by atoms with Gasteiger partial charge in [-0.3, -0.25) is 9.78 Å². The highest BCUT2D eigenvalue weighted by Crippen LogP contribution is 2.25. The molecule has 0 fully saturated rings. The van der Waals surface area contributed by atoms with E-state index in [0.717, 1.165) is 28.3 Å². The Labute approximate surface area is 171 Å². The predicted molar refractivity (Wildman–Crippen MR) is 119 cm³/mol. The van der Waals surface area contributed by atoms with Gasteiger partial charge in [0.2, 0.25) is 0 Å². The van der Waals surface area contributed by atoms with Crippen LogP contribution in [0.2, 0.25) is 0 Å². The van der Waals surface area contributed by atoms with Crippen LogP contribution in [-0.4, -0.2) is 10.9 Å². The van der Waals surface area contributed by atoms with Crippen LogP contribution in [0.5, 0.6) is 0 Å². The SMILES string of the molecule is CCC(NC(=O)c1ccc2cnccc2c1)c1cccc(-c2ccc(C)cc2)c1. The molecule has 1 heterocycles. The second-order valence-electron chi connectivity index (χ2n) is 7.36. The molecular formula is C26H24N2O. The number of rotatable bonds is 5. The molecule has 0 aliphatic carbocycles. The van der Waals surface area contributed by atoms with E-state index < -0.39 is 0 Å². The summed E-state index contributed by atoms with van der Waals surface area (Å²) in [4.78, 5) is 17.0. The molecule has 0 saturated carbocycles. The number of fused-ring (bicyclic) bond motifs is 1. The Morgan fingerprint density at radius 2 is 1.76 bits per heavy atom. The first-order chi connectivity index (χ1) is 14.1. The third-order valence-corrected chi connectivity index (χ3v) is 5.29. The van der Waals surface area contributed by atoms with Gasteiger partial charge in [-0.15, -0.1) is 0 Å². The quantitative estimate of drug-likeness (QED) is 0.455. The van der Waals surface area contributed by atoms with Crippen molar-refractivity contribution in [1.82, 2.24) is 10.3 Å². The molecule has 0 aliphatic heterocycles. The summed E-state index contributed by atoms with van der Waals surface area (Å²) in [6, 6.07) is 24.5. The molecule has 3 nitrogen and oxygen atoms in total. The molecule has 3 aromatic carbocycles. The molecule has 1 aromatic heterocycles. The van der Waals surface area contributed by atoms with E-state index in [2.05, 4.69) is 72.7 Å². The smallest absolute Gasteiger partial charge is 0.251 e. The molecule has 144 valence electrons. The summed E-state index contributed by atoms with van der Waals surface area (Å²) in [5.74, 6) is -0.0590. The normalized spacial score (nSPS) is 11.9. The number of aryl methyl sites for hydroxylation is 1. The molecule has 4 aromatic rings. The van der Waals surface area contributed by atoms with Crippen molar-refractivity contribution in [2.45, 2.75) is 26.3 Å². The van der Waals surface area contributed by atoms with Crippen molar-refractivity contribution < 1.29 is 4.79 Å². The van der Waals surface area contributed by atoms with Crippen LogP contribution in [0.25, 0.3) is 21.9 Å². The summed E-state index contributed by atoms with van der Waals surface area (Å²) in [5.41, 5.74) is 5.37. The number of amides is 1. The minimum absolute atomic E-state index is 0.0407. The van der Waals surface area contributed by atoms with Crippen molar-refractivity contribution >= 4 is 16.7 Å². The molecule has 1 atom stereocenters. The van der Waals surface area contributed by atoms with Crippen molar-refractivity contribution in [3.8, 4) is 11.1 Å². The molecule has 3 heteroatoms. The molecule has 0 spiro atoms. The third-order valence-electron chi connectivity index (χ3n) is 5.29. The average molecular weight is 380 g/mol. The molecule has 4 rings (SSSR count). The third kappa shape index (κ3) is 4.19. The average Bonchev–Trinajstić information content (AvgIpc) is 2.77. The molecule has 0 aliphatic rings. The van der Waals surface area contributed by atoms with Crippen LogP contribution in [0, 0.1) is 6.92 Å². The fourth-order valence-corrected chi connectivity index (χ4v) is 3.57. The molecule has 29 heavy (non-hydrogen) atoms. The van der Waals surface area contributed by atoms with Crippen molar-refractivity contribution in [1.29, 1.82) is 0 Å². The molecule has 0 bridgehead atoms. The highest BCUT2D eigenvalue weighted by Gasteiger charge is 2.15. The molecular weight excluding hydrogens is 356 g/mol. The van der Waals surface area contributed by atoms with Gasteiger partial charge in [-0.1, -0.05) is 61.0 Å². The van der Waals surface area contributed by atoms with E-state index in [-0.39, 0.29) is 11.9 Å². The van der Waals surface area contributed by atoms with E-state index in [1.807, 2.05) is 30.5 Å². The Bertz CT molecular complexity index is 1150. The van der Waals surface area contributed by atoms with Gasteiger partial charge in [0.25, 0.3) is 5.91 Å². The van der Waals surface area contributed by atoms with Gasteiger partial charge in [-0.2, -0.15) is 0 Å². The minimum Gasteiger partial charge on any atom is -0.345 e. The second kappa shape index (κ2) is 8.27. The summed E-state index contributed by atoms with van der Waals surface area (Å²) in [7, 11) is 0. The lowest BCUT2D eigenvalue weighted by atomic mass is 9.97. The fourth-order valence-electron chi connectivity index (χ4n) is 3.57. The number of nitrogens with one attached hydrogen (secondary N) is 1. The van der Waals surface area contributed by atoms with Gasteiger partial charge in [0.15, 0.2) is 0 Å². The highest BCUT2D eigenvalue weighted by atomic mass is 16.1. The molecule has 1 unspecified atom stereocenters. The van der Waals surface area contributed by atoms with Crippen molar-refractivity contribution in [3.05, 3.63) is 102 Å². The maximum Gasteiger partial charge on any atom is 0.251 e. The van der Waals surface area contributed by atoms with Crippen LogP contribution in [0.1, 0.15) is 40.9 Å². The number of nitrogens with zero attached hydrogens (tertiary/aromatic N) is 1. The Hall–Kier alpha value is -3.46. The van der Waals surface area contributed by atoms with E-state index in [9.17, 15) is 4.79 Å². The molecule has 0 radical (unpaired) electrons. The van der Waals surface area contributed by atoms with Gasteiger partial charge in [-0.25, -0.2) is 0 Å². The van der Waals surface area contributed by atoms with Gasteiger partial charge in [0.1, 0.15) is 0 Å². The van der Waals surface area contributed by atoms with Crippen LogP contribution in [-0.2, 0) is 0 Å². The first-order valence-corrected chi connectivity index (χ1v) is 9.95. The zero-order chi connectivity index (χ0) is 20.2. The summed E-state index contributed by atoms with van der Waals surface area (Å²) in [6.45, 7) is 4.18. The number of benzene rings is 3. The second-order valence-corrected chi connectivity index (χ2v) is 7.36. The number of aromatic nitrogens is 1. The monoisotopic (exact) mass is 380 g/mol. The number of carbonyl (C=O) groups is 1. The van der Waals surface area contributed by atoms with Crippen LogP contribution in [0.15, 0.2) is 85.2 Å². The van der Waals surface area contributed by atoms with Crippen LogP contribution in [0.4, 0.5) is 0 Å². The van der Waals surface area contributed by atoms with E-state index in [0.29, 0.717) is 5.56 Å². The number of pyridine rings is 1. The summed E-state index contributed by atoms with van der Waals surface area (Å²) in [6.07, 6.45) is 4.37. The topological polar surface area (TPSA) is 42.0 Å². The fraction of sp³-hybridized carbons (Fsp3) is 0.154. The van der Waals surface area contributed by atoms with Gasteiger partial charge < -0.3 is 5.32 Å². The number of hydrogen-bond acceptors (Lipinski definition) is 2. The van der Waals surface area contributed by atoms with E-state index in [1.54, 1.807) is 6.20 Å². The largest absolute Gasteiger partial charge is 0.345 e. The first-order valence-electron chi connectivity index (χ1n) is 9.95. The van der Waals surface area contributed by atoms with Crippen molar-refractivity contribution in [2.24, 2.45) is 0 Å². The lowest BCUT2D eigenvalue weighted by Crippen LogP contribution is -2.28. The van der Waals surface area contributed by atoms with Gasteiger partial charge in [0.05, 0.1) is 6.04 Å². The molecule has 1 amide bonds. The number of carbonyl (C=O) groups excluding carboxylic acids is 1. The van der Waals surface area contributed by atoms with Crippen LogP contribution in [0.3, 0.4) is 0 Å². The lowest BCUT2D eigenvalue weighted by molar-refractivity contribution is 0.0935. The highest BCUT2D eigenvalue weighted by molar-refractivity contribution is 5.98. The maximum atomic E-state index is 12.9. The van der Waals surface area contributed by atoms with E-state index >= 15 is 0 Å². The zero-order valence-corrected chi connectivity index (χ0v) is 16.7. The lowest BCUT2D eigenvalue weighted by Gasteiger charge is -2.19. The summed E-state index contributed by atoms with van der Waals surface area (Å²) >= 11 is 0.